The summed E-state index contributed by atoms with van der Waals surface area (Å²) in [4.78, 5) is 23.0. The second-order valence-corrected chi connectivity index (χ2v) is 4.35. The summed E-state index contributed by atoms with van der Waals surface area (Å²) in [5.74, 6) is -2.87. The molecule has 1 aliphatic heterocycles. The van der Waals surface area contributed by atoms with Gasteiger partial charge in [-0.2, -0.15) is 0 Å². The van der Waals surface area contributed by atoms with E-state index in [0.717, 1.165) is 6.07 Å². The van der Waals surface area contributed by atoms with Crippen molar-refractivity contribution in [3.05, 3.63) is 47.9 Å². The average molecular weight is 270 g/mol. The molecular formula is C10H6O7S. The van der Waals surface area contributed by atoms with Gasteiger partial charge in [0.1, 0.15) is 0 Å². The molecule has 0 spiro atoms. The predicted molar refractivity (Wildman–Crippen MR) is 56.4 cm³/mol. The number of hydrogen-bond donors (Lipinski definition) is 0. The van der Waals surface area contributed by atoms with Gasteiger partial charge in [0.05, 0.1) is 11.1 Å². The largest absolute Gasteiger partial charge is 0.506 e. The molecule has 0 aliphatic carbocycles. The number of hydrogen-bond acceptors (Lipinski definition) is 7. The van der Waals surface area contributed by atoms with E-state index in [9.17, 15) is 18.0 Å². The van der Waals surface area contributed by atoms with Crippen LogP contribution in [0.1, 0.15) is 20.7 Å². The lowest BCUT2D eigenvalue weighted by molar-refractivity contribution is 0.0458. The summed E-state index contributed by atoms with van der Waals surface area (Å²) in [7, 11) is -4.66. The molecule has 1 aliphatic rings. The second kappa shape index (κ2) is 4.15. The van der Waals surface area contributed by atoms with Gasteiger partial charge in [-0.05, 0) is 24.8 Å². The molecule has 7 nitrogen and oxygen atoms in total. The normalized spacial score (nSPS) is 18.3. The van der Waals surface area contributed by atoms with E-state index < -0.39 is 28.3 Å². The monoisotopic (exact) mass is 270 g/mol. The summed E-state index contributed by atoms with van der Waals surface area (Å²) in [6, 6.07) is 5.18. The number of esters is 1. The second-order valence-electron chi connectivity index (χ2n) is 3.20. The zero-order valence-electron chi connectivity index (χ0n) is 8.78. The van der Waals surface area contributed by atoms with Gasteiger partial charge in [-0.3, -0.25) is 0 Å². The van der Waals surface area contributed by atoms with Gasteiger partial charge in [0.25, 0.3) is 0 Å². The summed E-state index contributed by atoms with van der Waals surface area (Å²) < 4.78 is 35.1. The van der Waals surface area contributed by atoms with E-state index in [1.165, 1.54) is 18.2 Å². The molecule has 0 amide bonds. The Labute approximate surface area is 102 Å². The van der Waals surface area contributed by atoms with Crippen molar-refractivity contribution in [1.29, 1.82) is 0 Å². The zero-order valence-corrected chi connectivity index (χ0v) is 9.60. The highest BCUT2D eigenvalue weighted by molar-refractivity contribution is 7.82. The van der Waals surface area contributed by atoms with Gasteiger partial charge in [-0.15, -0.1) is 8.42 Å². The molecule has 0 N–H and O–H groups in total. The van der Waals surface area contributed by atoms with Gasteiger partial charge < -0.3 is 13.1 Å². The maximum Gasteiger partial charge on any atom is 0.506 e. The SMILES string of the molecule is C=C1OC(=O)c2cccc(c2)C(=O)OS(=O)(=O)O1. The highest BCUT2D eigenvalue weighted by Gasteiger charge is 2.26. The molecule has 0 unspecified atom stereocenters. The Bertz CT molecular complexity index is 644. The van der Waals surface area contributed by atoms with E-state index in [2.05, 4.69) is 19.7 Å². The Kier molecular flexibility index (Phi) is 2.79. The number of benzene rings is 1. The number of carbonyl (C=O) groups excluding carboxylic acids is 2. The molecule has 2 bridgehead atoms. The first-order chi connectivity index (χ1) is 8.37. The third kappa shape index (κ3) is 2.48. The van der Waals surface area contributed by atoms with Gasteiger partial charge in [0.2, 0.25) is 0 Å². The predicted octanol–water partition coefficient (Wildman–Crippen LogP) is 0.746. The fourth-order valence-corrected chi connectivity index (χ4v) is 1.80. The molecule has 18 heavy (non-hydrogen) atoms. The molecule has 0 aromatic heterocycles. The molecule has 8 heteroatoms. The average Bonchev–Trinajstić information content (AvgIpc) is 2.26. The van der Waals surface area contributed by atoms with Crippen LogP contribution in [0.15, 0.2) is 36.8 Å². The Balaban J connectivity index is 2.53. The molecule has 1 heterocycles. The van der Waals surface area contributed by atoms with Gasteiger partial charge in [-0.1, -0.05) is 6.07 Å². The molecule has 0 fully saturated rings. The third-order valence-corrected chi connectivity index (χ3v) is 2.66. The van der Waals surface area contributed by atoms with Gasteiger partial charge >= 0.3 is 28.3 Å². The van der Waals surface area contributed by atoms with Crippen LogP contribution in [-0.4, -0.2) is 20.4 Å². The third-order valence-electron chi connectivity index (χ3n) is 1.91. The fraction of sp³-hybridized carbons (Fsp3) is 0. The minimum atomic E-state index is -4.66. The van der Waals surface area contributed by atoms with Crippen molar-refractivity contribution in [2.24, 2.45) is 0 Å². The highest BCUT2D eigenvalue weighted by Crippen LogP contribution is 2.16. The van der Waals surface area contributed by atoms with Crippen molar-refractivity contribution in [2.75, 3.05) is 0 Å². The first-order valence-electron chi connectivity index (χ1n) is 4.57. The van der Waals surface area contributed by atoms with Gasteiger partial charge in [-0.25, -0.2) is 9.59 Å². The number of cyclic esters (lactones) is 1. The van der Waals surface area contributed by atoms with Crippen LogP contribution >= 0.6 is 0 Å². The zero-order chi connectivity index (χ0) is 13.3. The fourth-order valence-electron chi connectivity index (χ4n) is 1.22. The maximum absolute atomic E-state index is 11.5. The quantitative estimate of drug-likeness (QED) is 0.641. The lowest BCUT2D eigenvalue weighted by Gasteiger charge is -2.11. The maximum atomic E-state index is 11.5. The first-order valence-corrected chi connectivity index (χ1v) is 5.90. The van der Waals surface area contributed by atoms with Crippen LogP contribution in [0, 0.1) is 0 Å². The van der Waals surface area contributed by atoms with E-state index in [4.69, 9.17) is 0 Å². The summed E-state index contributed by atoms with van der Waals surface area (Å²) in [5, 5.41) is 0. The van der Waals surface area contributed by atoms with E-state index in [1.807, 2.05) is 0 Å². The van der Waals surface area contributed by atoms with Gasteiger partial charge in [0, 0.05) is 0 Å². The molecule has 0 saturated heterocycles. The Hall–Kier alpha value is -2.35. The summed E-state index contributed by atoms with van der Waals surface area (Å²) in [5.41, 5.74) is -0.0855. The van der Waals surface area contributed by atoms with Crippen molar-refractivity contribution < 1.29 is 31.1 Å². The van der Waals surface area contributed by atoms with Crippen molar-refractivity contribution in [2.45, 2.75) is 0 Å². The van der Waals surface area contributed by atoms with E-state index >= 15 is 0 Å². The van der Waals surface area contributed by atoms with E-state index in [-0.39, 0.29) is 11.1 Å². The van der Waals surface area contributed by atoms with Crippen molar-refractivity contribution >= 4 is 22.3 Å². The minimum absolute atomic E-state index is 0.0356. The summed E-state index contributed by atoms with van der Waals surface area (Å²) in [6.07, 6.45) is 0. The Morgan fingerprint density at radius 2 is 1.61 bits per heavy atom. The van der Waals surface area contributed by atoms with Crippen LogP contribution in [0.5, 0.6) is 0 Å². The highest BCUT2D eigenvalue weighted by atomic mass is 32.3. The Morgan fingerprint density at radius 3 is 2.28 bits per heavy atom. The molecule has 0 atom stereocenters. The van der Waals surface area contributed by atoms with Gasteiger partial charge in [0.15, 0.2) is 0 Å². The van der Waals surface area contributed by atoms with Crippen molar-refractivity contribution in [3.8, 4) is 0 Å². The molecule has 2 rings (SSSR count). The number of rotatable bonds is 0. The number of ether oxygens (including phenoxy) is 1. The van der Waals surface area contributed by atoms with Crippen LogP contribution in [0.3, 0.4) is 0 Å². The van der Waals surface area contributed by atoms with Crippen LogP contribution in [0.25, 0.3) is 0 Å². The van der Waals surface area contributed by atoms with Crippen molar-refractivity contribution in [3.63, 3.8) is 0 Å². The molecular weight excluding hydrogens is 264 g/mol. The molecule has 94 valence electrons. The summed E-state index contributed by atoms with van der Waals surface area (Å²) in [6.45, 7) is 3.06. The lowest BCUT2D eigenvalue weighted by Crippen LogP contribution is -2.19. The van der Waals surface area contributed by atoms with E-state index in [0.29, 0.717) is 0 Å². The minimum Gasteiger partial charge on any atom is -0.389 e. The van der Waals surface area contributed by atoms with Crippen LogP contribution in [0.2, 0.25) is 0 Å². The molecule has 1 aromatic carbocycles. The smallest absolute Gasteiger partial charge is 0.389 e. The molecule has 0 radical (unpaired) electrons. The summed E-state index contributed by atoms with van der Waals surface area (Å²) >= 11 is 0. The molecule has 1 aromatic rings. The lowest BCUT2D eigenvalue weighted by atomic mass is 10.1. The van der Waals surface area contributed by atoms with Crippen LogP contribution in [0.4, 0.5) is 0 Å². The van der Waals surface area contributed by atoms with Crippen LogP contribution < -0.4 is 0 Å². The molecule has 0 saturated carbocycles. The number of fused-ring (bicyclic) bond motifs is 2. The first kappa shape index (κ1) is 12.1. The number of carbonyl (C=O) groups is 2. The topological polar surface area (TPSA) is 96.0 Å². The van der Waals surface area contributed by atoms with Crippen LogP contribution in [-0.2, 0) is 23.5 Å². The van der Waals surface area contributed by atoms with Crippen molar-refractivity contribution in [1.82, 2.24) is 0 Å². The Morgan fingerprint density at radius 1 is 1.00 bits per heavy atom. The standard InChI is InChI=1S/C10H6O7S/c1-6-15-9(11)7-3-2-4-8(5-7)10(12)17-18(13,14)16-6/h2-5H,1H2. The van der Waals surface area contributed by atoms with E-state index in [1.54, 1.807) is 0 Å².